The standard InChI is InChI=1S/C35H48N4O5S2/c1-9-14-23(10-2)22-45-27-18-17-24(34(3,4)5)21-26(27)37-31(40)29(39-32(41)35(6,7)44-33(39)42)30-36-25-15-11-12-16-28(25)46-38(30)19-13-20-43-8/h11-12,15-18,21,23,29H,9-10,13-14,19-20,22H2,1-8H3,(H,37,40). The molecule has 1 fully saturated rings. The van der Waals surface area contributed by atoms with Gasteiger partial charge in [0.25, 0.3) is 11.8 Å². The van der Waals surface area contributed by atoms with Crippen LogP contribution in [0, 0.1) is 5.92 Å². The van der Waals surface area contributed by atoms with E-state index < -0.39 is 29.6 Å². The van der Waals surface area contributed by atoms with E-state index in [4.69, 9.17) is 14.5 Å². The fraction of sp³-hybridized carbons (Fsp3) is 0.543. The normalized spacial score (nSPS) is 17.3. The van der Waals surface area contributed by atoms with Crippen LogP contribution < -0.4 is 5.32 Å². The topological polar surface area (TPSA) is 101 Å². The molecule has 2 aliphatic heterocycles. The maximum atomic E-state index is 14.6. The van der Waals surface area contributed by atoms with Crippen molar-refractivity contribution in [3.05, 3.63) is 48.0 Å². The summed E-state index contributed by atoms with van der Waals surface area (Å²) in [6, 6.07) is 12.4. The van der Waals surface area contributed by atoms with Crippen LogP contribution in [0.4, 0.5) is 16.2 Å². The van der Waals surface area contributed by atoms with Crippen LogP contribution in [-0.4, -0.2) is 70.6 Å². The van der Waals surface area contributed by atoms with E-state index in [1.165, 1.54) is 25.8 Å². The Morgan fingerprint density at radius 3 is 2.52 bits per heavy atom. The first-order chi connectivity index (χ1) is 21.8. The maximum Gasteiger partial charge on any atom is 0.418 e. The summed E-state index contributed by atoms with van der Waals surface area (Å²) in [7, 11) is 1.64. The molecular weight excluding hydrogens is 621 g/mol. The second-order valence-electron chi connectivity index (χ2n) is 13.3. The number of nitrogens with zero attached hydrogens (tertiary/aromatic N) is 3. The first-order valence-corrected chi connectivity index (χ1v) is 17.8. The third-order valence-electron chi connectivity index (χ3n) is 8.15. The van der Waals surface area contributed by atoms with E-state index in [9.17, 15) is 14.4 Å². The van der Waals surface area contributed by atoms with E-state index in [2.05, 4.69) is 52.1 Å². The SMILES string of the molecule is CCCC(CC)CSc1ccc(C(C)(C)C)cc1NC(=O)C(C1=Nc2ccccc2SN1CCCOC)N1C(=O)OC(C)(C)C1=O. The predicted molar refractivity (Wildman–Crippen MR) is 187 cm³/mol. The molecule has 0 aromatic heterocycles. The van der Waals surface area contributed by atoms with Crippen molar-refractivity contribution in [1.29, 1.82) is 0 Å². The van der Waals surface area contributed by atoms with Gasteiger partial charge < -0.3 is 14.8 Å². The lowest BCUT2D eigenvalue weighted by Crippen LogP contribution is -2.56. The summed E-state index contributed by atoms with van der Waals surface area (Å²) in [6.45, 7) is 14.8. The van der Waals surface area contributed by atoms with Gasteiger partial charge in [0.2, 0.25) is 0 Å². The highest BCUT2D eigenvalue weighted by Crippen LogP contribution is 2.40. The van der Waals surface area contributed by atoms with Crippen LogP contribution in [0.15, 0.2) is 57.2 Å². The Morgan fingerprint density at radius 2 is 1.89 bits per heavy atom. The van der Waals surface area contributed by atoms with E-state index in [1.54, 1.807) is 18.9 Å². The fourth-order valence-corrected chi connectivity index (χ4v) is 7.67. The average molecular weight is 669 g/mol. The molecule has 2 heterocycles. The highest BCUT2D eigenvalue weighted by Gasteiger charge is 2.54. The first-order valence-electron chi connectivity index (χ1n) is 16.1. The van der Waals surface area contributed by atoms with Crippen LogP contribution in [-0.2, 0) is 24.5 Å². The minimum Gasteiger partial charge on any atom is -0.433 e. The molecule has 4 rings (SSSR count). The van der Waals surface area contributed by atoms with Crippen molar-refractivity contribution in [3.63, 3.8) is 0 Å². The number of amides is 3. The molecule has 2 unspecified atom stereocenters. The van der Waals surface area contributed by atoms with Gasteiger partial charge in [-0.25, -0.2) is 14.7 Å². The molecule has 3 amide bonds. The zero-order valence-corrected chi connectivity index (χ0v) is 30.0. The van der Waals surface area contributed by atoms with Gasteiger partial charge in [0.05, 0.1) is 16.3 Å². The Kier molecular flexibility index (Phi) is 11.9. The zero-order chi connectivity index (χ0) is 33.6. The minimum absolute atomic E-state index is 0.166. The Labute approximate surface area is 282 Å². The Balaban J connectivity index is 1.80. The number of cyclic esters (lactones) is 1. The Morgan fingerprint density at radius 1 is 1.15 bits per heavy atom. The molecule has 1 saturated heterocycles. The number of methoxy groups -OCH3 is 1. The van der Waals surface area contributed by atoms with E-state index >= 15 is 0 Å². The number of para-hydroxylation sites is 1. The monoisotopic (exact) mass is 668 g/mol. The van der Waals surface area contributed by atoms with E-state index in [0.717, 1.165) is 45.3 Å². The van der Waals surface area contributed by atoms with E-state index in [-0.39, 0.29) is 11.3 Å². The molecular formula is C35H48N4O5S2. The number of ether oxygens (including phenoxy) is 2. The molecule has 250 valence electrons. The van der Waals surface area contributed by atoms with Gasteiger partial charge in [0.1, 0.15) is 5.84 Å². The number of benzene rings is 2. The van der Waals surface area contributed by atoms with Crippen LogP contribution in [0.25, 0.3) is 0 Å². The summed E-state index contributed by atoms with van der Waals surface area (Å²) in [5, 5.41) is 3.15. The number of carbonyl (C=O) groups excluding carboxylic acids is 3. The number of thioether (sulfide) groups is 1. The number of fused-ring (bicyclic) bond motifs is 1. The second kappa shape index (κ2) is 15.3. The minimum atomic E-state index is -1.42. The number of imide groups is 1. The number of nitrogens with one attached hydrogen (secondary N) is 1. The largest absolute Gasteiger partial charge is 0.433 e. The van der Waals surface area contributed by atoms with Crippen LogP contribution >= 0.6 is 23.7 Å². The molecule has 46 heavy (non-hydrogen) atoms. The fourth-order valence-electron chi connectivity index (χ4n) is 5.38. The van der Waals surface area contributed by atoms with Crippen molar-refractivity contribution in [3.8, 4) is 0 Å². The maximum absolute atomic E-state index is 14.6. The van der Waals surface area contributed by atoms with Gasteiger partial charge in [0.15, 0.2) is 11.6 Å². The number of rotatable bonds is 14. The molecule has 0 aliphatic carbocycles. The highest BCUT2D eigenvalue weighted by molar-refractivity contribution is 7.99. The lowest BCUT2D eigenvalue weighted by molar-refractivity contribution is -0.137. The van der Waals surface area contributed by atoms with Gasteiger partial charge in [-0.3, -0.25) is 13.9 Å². The van der Waals surface area contributed by atoms with E-state index in [1.807, 2.05) is 34.6 Å². The number of anilines is 1. The summed E-state index contributed by atoms with van der Waals surface area (Å²) in [5.74, 6) is 0.637. The van der Waals surface area contributed by atoms with Gasteiger partial charge >= 0.3 is 6.09 Å². The number of aliphatic imine (C=N–C) groups is 1. The van der Waals surface area contributed by atoms with Crippen molar-refractivity contribution >= 4 is 58.8 Å². The van der Waals surface area contributed by atoms with Crippen LogP contribution in [0.3, 0.4) is 0 Å². The Hall–Kier alpha value is -3.02. The van der Waals surface area contributed by atoms with Crippen molar-refractivity contribution in [2.75, 3.05) is 31.3 Å². The summed E-state index contributed by atoms with van der Waals surface area (Å²) in [4.78, 5) is 49.4. The van der Waals surface area contributed by atoms with Crippen molar-refractivity contribution in [1.82, 2.24) is 9.21 Å². The average Bonchev–Trinajstić information content (AvgIpc) is 3.21. The molecule has 2 atom stereocenters. The highest BCUT2D eigenvalue weighted by atomic mass is 32.2. The number of amidine groups is 1. The molecule has 1 N–H and O–H groups in total. The predicted octanol–water partition coefficient (Wildman–Crippen LogP) is 8.06. The van der Waals surface area contributed by atoms with Crippen molar-refractivity contribution in [2.45, 2.75) is 101 Å². The van der Waals surface area contributed by atoms with Crippen LogP contribution in [0.1, 0.15) is 79.7 Å². The second-order valence-corrected chi connectivity index (χ2v) is 15.4. The molecule has 0 spiro atoms. The van der Waals surface area contributed by atoms with Gasteiger partial charge in [-0.05, 0) is 79.8 Å². The van der Waals surface area contributed by atoms with Gasteiger partial charge in [-0.2, -0.15) is 0 Å². The number of carbonyl (C=O) groups is 3. The third kappa shape index (κ3) is 8.27. The van der Waals surface area contributed by atoms with Gasteiger partial charge in [-0.1, -0.05) is 65.7 Å². The molecule has 9 nitrogen and oxygen atoms in total. The van der Waals surface area contributed by atoms with Gasteiger partial charge in [-0.15, -0.1) is 11.8 Å². The molecule has 0 saturated carbocycles. The van der Waals surface area contributed by atoms with E-state index in [0.29, 0.717) is 36.9 Å². The molecule has 11 heteroatoms. The third-order valence-corrected chi connectivity index (χ3v) is 10.6. The lowest BCUT2D eigenvalue weighted by atomic mass is 9.87. The molecule has 0 radical (unpaired) electrons. The Bertz CT molecular complexity index is 1450. The number of hydrogen-bond acceptors (Lipinski definition) is 9. The molecule has 2 aromatic carbocycles. The summed E-state index contributed by atoms with van der Waals surface area (Å²) in [5.41, 5.74) is 0.783. The smallest absolute Gasteiger partial charge is 0.418 e. The summed E-state index contributed by atoms with van der Waals surface area (Å²) in [6.07, 6.45) is 3.11. The quantitative estimate of drug-likeness (QED) is 0.123. The lowest BCUT2D eigenvalue weighted by Gasteiger charge is -2.35. The van der Waals surface area contributed by atoms with Crippen LogP contribution in [0.2, 0.25) is 0 Å². The van der Waals surface area contributed by atoms with Crippen LogP contribution in [0.5, 0.6) is 0 Å². The molecule has 0 bridgehead atoms. The van der Waals surface area contributed by atoms with Crippen molar-refractivity contribution < 1.29 is 23.9 Å². The van der Waals surface area contributed by atoms with Gasteiger partial charge in [0, 0.05) is 30.9 Å². The molecule has 2 aromatic rings. The first kappa shape index (κ1) is 35.8. The zero-order valence-electron chi connectivity index (χ0n) is 28.3. The van der Waals surface area contributed by atoms with Crippen molar-refractivity contribution in [2.24, 2.45) is 10.9 Å². The number of hydrogen-bond donors (Lipinski definition) is 1. The summed E-state index contributed by atoms with van der Waals surface area (Å²) < 4.78 is 12.7. The summed E-state index contributed by atoms with van der Waals surface area (Å²) >= 11 is 3.15. The molecule has 2 aliphatic rings.